The Morgan fingerprint density at radius 3 is 2.45 bits per heavy atom. The number of nitrogens with zero attached hydrogens (tertiary/aromatic N) is 1. The standard InChI is InChI=1S/C16H28N2O2/c1-6-11-15(20)18(12-8-7-9-16(12,4)5)13(10(2)3)14(19)17-11/h10-13H,6-9H2,1-5H3,(H,17,19). The van der Waals surface area contributed by atoms with Gasteiger partial charge in [0.25, 0.3) is 0 Å². The average molecular weight is 280 g/mol. The van der Waals surface area contributed by atoms with Crippen molar-refractivity contribution in [3.8, 4) is 0 Å². The minimum atomic E-state index is -0.339. The van der Waals surface area contributed by atoms with E-state index < -0.39 is 0 Å². The van der Waals surface area contributed by atoms with Crippen LogP contribution in [0, 0.1) is 11.3 Å². The molecule has 1 heterocycles. The lowest BCUT2D eigenvalue weighted by Crippen LogP contribution is -2.68. The van der Waals surface area contributed by atoms with Gasteiger partial charge in [-0.05, 0) is 30.6 Å². The summed E-state index contributed by atoms with van der Waals surface area (Å²) in [5.74, 6) is 0.285. The van der Waals surface area contributed by atoms with Crippen LogP contribution < -0.4 is 5.32 Å². The molecule has 0 radical (unpaired) electrons. The SMILES string of the molecule is CCC1NC(=O)C(C(C)C)N(C2CCCC2(C)C)C1=O. The van der Waals surface area contributed by atoms with Crippen LogP contribution in [0.15, 0.2) is 0 Å². The summed E-state index contributed by atoms with van der Waals surface area (Å²) in [7, 11) is 0. The van der Waals surface area contributed by atoms with Crippen molar-refractivity contribution in [2.75, 3.05) is 0 Å². The number of rotatable bonds is 3. The fourth-order valence-corrected chi connectivity index (χ4v) is 3.83. The molecule has 0 aromatic rings. The Morgan fingerprint density at radius 1 is 1.35 bits per heavy atom. The van der Waals surface area contributed by atoms with E-state index in [0.29, 0.717) is 6.42 Å². The van der Waals surface area contributed by atoms with E-state index in [1.54, 1.807) is 0 Å². The molecule has 4 nitrogen and oxygen atoms in total. The van der Waals surface area contributed by atoms with E-state index in [1.165, 1.54) is 0 Å². The number of nitrogens with one attached hydrogen (secondary N) is 1. The Balaban J connectivity index is 2.37. The second kappa shape index (κ2) is 5.38. The summed E-state index contributed by atoms with van der Waals surface area (Å²) in [4.78, 5) is 27.2. The van der Waals surface area contributed by atoms with Crippen LogP contribution in [0.3, 0.4) is 0 Å². The zero-order valence-electron chi connectivity index (χ0n) is 13.4. The number of hydrogen-bond acceptors (Lipinski definition) is 2. The van der Waals surface area contributed by atoms with Crippen molar-refractivity contribution in [1.29, 1.82) is 0 Å². The van der Waals surface area contributed by atoms with Gasteiger partial charge in [-0.2, -0.15) is 0 Å². The lowest BCUT2D eigenvalue weighted by Gasteiger charge is -2.47. The van der Waals surface area contributed by atoms with Crippen molar-refractivity contribution < 1.29 is 9.59 Å². The number of hydrogen-bond donors (Lipinski definition) is 1. The molecule has 2 rings (SSSR count). The highest BCUT2D eigenvalue weighted by Crippen LogP contribution is 2.42. The Labute approximate surface area is 122 Å². The minimum Gasteiger partial charge on any atom is -0.343 e. The zero-order valence-corrected chi connectivity index (χ0v) is 13.4. The Kier molecular flexibility index (Phi) is 4.12. The molecule has 4 heteroatoms. The predicted octanol–water partition coefficient (Wildman–Crippen LogP) is 2.33. The molecule has 1 aliphatic heterocycles. The van der Waals surface area contributed by atoms with Crippen LogP contribution in [0.1, 0.15) is 60.3 Å². The second-order valence-electron chi connectivity index (χ2n) is 7.30. The van der Waals surface area contributed by atoms with Gasteiger partial charge < -0.3 is 10.2 Å². The van der Waals surface area contributed by atoms with Crippen LogP contribution in [0.2, 0.25) is 0 Å². The first-order valence-corrected chi connectivity index (χ1v) is 7.92. The first-order chi connectivity index (χ1) is 9.29. The maximum absolute atomic E-state index is 12.8. The summed E-state index contributed by atoms with van der Waals surface area (Å²) >= 11 is 0. The molecular formula is C16H28N2O2. The summed E-state index contributed by atoms with van der Waals surface area (Å²) in [6.45, 7) is 10.5. The molecular weight excluding hydrogens is 252 g/mol. The fourth-order valence-electron chi connectivity index (χ4n) is 3.83. The number of carbonyl (C=O) groups excluding carboxylic acids is 2. The van der Waals surface area contributed by atoms with Gasteiger partial charge >= 0.3 is 0 Å². The molecule has 0 spiro atoms. The van der Waals surface area contributed by atoms with Gasteiger partial charge in [-0.1, -0.05) is 41.0 Å². The highest BCUT2D eigenvalue weighted by molar-refractivity contribution is 5.97. The van der Waals surface area contributed by atoms with Crippen molar-refractivity contribution in [3.63, 3.8) is 0 Å². The lowest BCUT2D eigenvalue weighted by molar-refractivity contribution is -0.156. The maximum atomic E-state index is 12.8. The van der Waals surface area contributed by atoms with E-state index in [9.17, 15) is 9.59 Å². The quantitative estimate of drug-likeness (QED) is 0.862. The van der Waals surface area contributed by atoms with Gasteiger partial charge in [0.2, 0.25) is 11.8 Å². The van der Waals surface area contributed by atoms with Gasteiger partial charge in [-0.3, -0.25) is 9.59 Å². The third kappa shape index (κ3) is 2.45. The first kappa shape index (κ1) is 15.3. The molecule has 0 bridgehead atoms. The van der Waals surface area contributed by atoms with Crippen LogP contribution in [0.25, 0.3) is 0 Å². The molecule has 20 heavy (non-hydrogen) atoms. The highest BCUT2D eigenvalue weighted by atomic mass is 16.2. The Morgan fingerprint density at radius 2 is 2.00 bits per heavy atom. The van der Waals surface area contributed by atoms with E-state index in [2.05, 4.69) is 19.2 Å². The van der Waals surface area contributed by atoms with Crippen LogP contribution in [0.4, 0.5) is 0 Å². The topological polar surface area (TPSA) is 49.4 Å². The summed E-state index contributed by atoms with van der Waals surface area (Å²) in [6, 6.07) is -0.455. The summed E-state index contributed by atoms with van der Waals surface area (Å²) < 4.78 is 0. The largest absolute Gasteiger partial charge is 0.343 e. The van der Waals surface area contributed by atoms with Gasteiger partial charge in [-0.25, -0.2) is 0 Å². The molecule has 2 amide bonds. The van der Waals surface area contributed by atoms with Gasteiger partial charge in [0.1, 0.15) is 12.1 Å². The molecule has 3 unspecified atom stereocenters. The average Bonchev–Trinajstić information content (AvgIpc) is 2.70. The zero-order chi connectivity index (χ0) is 15.1. The summed E-state index contributed by atoms with van der Waals surface area (Å²) in [6.07, 6.45) is 3.96. The molecule has 114 valence electrons. The predicted molar refractivity (Wildman–Crippen MR) is 79.1 cm³/mol. The molecule has 0 aromatic carbocycles. The van der Waals surface area contributed by atoms with Crippen molar-refractivity contribution in [2.24, 2.45) is 11.3 Å². The molecule has 0 aromatic heterocycles. The third-order valence-electron chi connectivity index (χ3n) is 5.01. The van der Waals surface area contributed by atoms with E-state index >= 15 is 0 Å². The van der Waals surface area contributed by atoms with Crippen LogP contribution in [0.5, 0.6) is 0 Å². The van der Waals surface area contributed by atoms with Crippen molar-refractivity contribution in [2.45, 2.75) is 78.4 Å². The molecule has 3 atom stereocenters. The van der Waals surface area contributed by atoms with E-state index in [-0.39, 0.29) is 41.3 Å². The normalized spacial score (nSPS) is 33.7. The van der Waals surface area contributed by atoms with Crippen LogP contribution >= 0.6 is 0 Å². The molecule has 1 aliphatic carbocycles. The number of carbonyl (C=O) groups is 2. The van der Waals surface area contributed by atoms with E-state index in [4.69, 9.17) is 0 Å². The first-order valence-electron chi connectivity index (χ1n) is 7.92. The monoisotopic (exact) mass is 280 g/mol. The van der Waals surface area contributed by atoms with Crippen molar-refractivity contribution in [1.82, 2.24) is 10.2 Å². The molecule has 1 saturated carbocycles. The smallest absolute Gasteiger partial charge is 0.246 e. The minimum absolute atomic E-state index is 0.0224. The van der Waals surface area contributed by atoms with Gasteiger partial charge in [0.05, 0.1) is 0 Å². The van der Waals surface area contributed by atoms with E-state index in [1.807, 2.05) is 25.7 Å². The summed E-state index contributed by atoms with van der Waals surface area (Å²) in [5.41, 5.74) is 0.110. The molecule has 1 N–H and O–H groups in total. The molecule has 2 aliphatic rings. The second-order valence-corrected chi connectivity index (χ2v) is 7.30. The van der Waals surface area contributed by atoms with Crippen molar-refractivity contribution in [3.05, 3.63) is 0 Å². The number of amides is 2. The van der Waals surface area contributed by atoms with Gasteiger partial charge in [0.15, 0.2) is 0 Å². The van der Waals surface area contributed by atoms with Gasteiger partial charge in [-0.15, -0.1) is 0 Å². The van der Waals surface area contributed by atoms with Gasteiger partial charge in [0, 0.05) is 6.04 Å². The molecule has 2 fully saturated rings. The Bertz CT molecular complexity index is 403. The Hall–Kier alpha value is -1.06. The fraction of sp³-hybridized carbons (Fsp3) is 0.875. The lowest BCUT2D eigenvalue weighted by atomic mass is 9.83. The van der Waals surface area contributed by atoms with Crippen LogP contribution in [-0.4, -0.2) is 34.8 Å². The van der Waals surface area contributed by atoms with E-state index in [0.717, 1.165) is 19.3 Å². The highest BCUT2D eigenvalue weighted by Gasteiger charge is 2.49. The maximum Gasteiger partial charge on any atom is 0.246 e. The molecule has 1 saturated heterocycles. The number of piperazine rings is 1. The van der Waals surface area contributed by atoms with Crippen molar-refractivity contribution >= 4 is 11.8 Å². The summed E-state index contributed by atoms with van der Waals surface area (Å²) in [5, 5.41) is 2.90. The third-order valence-corrected chi connectivity index (χ3v) is 5.01. The van der Waals surface area contributed by atoms with Crippen LogP contribution in [-0.2, 0) is 9.59 Å².